The standard InChI is InChI=1S/C16H18N4O2/c1-11-18-15(19-22-11)9-12-3-2-7-20(10-12)16-13-5-8-21-14(13)4-6-17-16/h4-6,8,12H,2-3,7,9-10H2,1H3/t12-/m0/s1. The Morgan fingerprint density at radius 3 is 3.18 bits per heavy atom. The van der Waals surface area contributed by atoms with Crippen molar-refractivity contribution in [1.82, 2.24) is 15.1 Å². The molecule has 0 bridgehead atoms. The summed E-state index contributed by atoms with van der Waals surface area (Å²) in [5.74, 6) is 2.97. The summed E-state index contributed by atoms with van der Waals surface area (Å²) in [5.41, 5.74) is 0.890. The van der Waals surface area contributed by atoms with E-state index in [4.69, 9.17) is 8.94 Å². The average Bonchev–Trinajstić information content (AvgIpc) is 3.16. The fourth-order valence-corrected chi connectivity index (χ4v) is 3.24. The molecule has 0 aliphatic carbocycles. The highest BCUT2D eigenvalue weighted by Gasteiger charge is 2.24. The summed E-state index contributed by atoms with van der Waals surface area (Å²) < 4.78 is 10.5. The van der Waals surface area contributed by atoms with Crippen molar-refractivity contribution in [3.05, 3.63) is 36.3 Å². The molecule has 1 fully saturated rings. The van der Waals surface area contributed by atoms with Gasteiger partial charge in [-0.15, -0.1) is 0 Å². The lowest BCUT2D eigenvalue weighted by Gasteiger charge is -2.33. The molecule has 3 aromatic heterocycles. The van der Waals surface area contributed by atoms with Gasteiger partial charge in [-0.1, -0.05) is 5.16 Å². The molecule has 1 saturated heterocycles. The third kappa shape index (κ3) is 2.45. The summed E-state index contributed by atoms with van der Waals surface area (Å²) >= 11 is 0. The van der Waals surface area contributed by atoms with Crippen LogP contribution in [0.2, 0.25) is 0 Å². The van der Waals surface area contributed by atoms with Crippen molar-refractivity contribution < 1.29 is 8.94 Å². The van der Waals surface area contributed by atoms with Crippen LogP contribution in [0, 0.1) is 12.8 Å². The van der Waals surface area contributed by atoms with Crippen LogP contribution in [0.5, 0.6) is 0 Å². The molecule has 0 N–H and O–H groups in total. The predicted molar refractivity (Wildman–Crippen MR) is 81.7 cm³/mol. The molecular weight excluding hydrogens is 280 g/mol. The van der Waals surface area contributed by atoms with Gasteiger partial charge in [0.15, 0.2) is 5.82 Å². The Kier molecular flexibility index (Phi) is 3.29. The van der Waals surface area contributed by atoms with Gasteiger partial charge in [-0.05, 0) is 30.9 Å². The van der Waals surface area contributed by atoms with E-state index in [0.29, 0.717) is 11.8 Å². The lowest BCUT2D eigenvalue weighted by Crippen LogP contribution is -2.37. The number of hydrogen-bond donors (Lipinski definition) is 0. The van der Waals surface area contributed by atoms with E-state index in [0.717, 1.165) is 48.5 Å². The van der Waals surface area contributed by atoms with Crippen molar-refractivity contribution in [3.63, 3.8) is 0 Å². The number of nitrogens with zero attached hydrogens (tertiary/aromatic N) is 4. The smallest absolute Gasteiger partial charge is 0.223 e. The van der Waals surface area contributed by atoms with Crippen molar-refractivity contribution in [2.75, 3.05) is 18.0 Å². The normalized spacial score (nSPS) is 19.0. The van der Waals surface area contributed by atoms with Gasteiger partial charge in [0.05, 0.1) is 11.6 Å². The highest BCUT2D eigenvalue weighted by Crippen LogP contribution is 2.29. The Labute approximate surface area is 128 Å². The largest absolute Gasteiger partial charge is 0.464 e. The van der Waals surface area contributed by atoms with E-state index in [1.54, 1.807) is 6.26 Å². The van der Waals surface area contributed by atoms with Crippen molar-refractivity contribution >= 4 is 16.8 Å². The minimum Gasteiger partial charge on any atom is -0.464 e. The lowest BCUT2D eigenvalue weighted by atomic mass is 9.94. The zero-order valence-corrected chi connectivity index (χ0v) is 12.5. The average molecular weight is 298 g/mol. The molecule has 4 heterocycles. The number of pyridine rings is 1. The Bertz CT molecular complexity index is 779. The number of hydrogen-bond acceptors (Lipinski definition) is 6. The van der Waals surface area contributed by atoms with E-state index in [-0.39, 0.29) is 0 Å². The molecule has 0 amide bonds. The molecule has 0 saturated carbocycles. The summed E-state index contributed by atoms with van der Waals surface area (Å²) in [6, 6.07) is 3.90. The molecule has 3 aromatic rings. The second-order valence-corrected chi connectivity index (χ2v) is 5.85. The maximum Gasteiger partial charge on any atom is 0.223 e. The first kappa shape index (κ1) is 13.3. The molecule has 0 radical (unpaired) electrons. The number of fused-ring (bicyclic) bond motifs is 1. The van der Waals surface area contributed by atoms with E-state index in [1.165, 1.54) is 6.42 Å². The van der Waals surface area contributed by atoms with Gasteiger partial charge in [0.25, 0.3) is 0 Å². The van der Waals surface area contributed by atoms with Gasteiger partial charge in [0.2, 0.25) is 5.89 Å². The quantitative estimate of drug-likeness (QED) is 0.740. The molecule has 0 unspecified atom stereocenters. The zero-order chi connectivity index (χ0) is 14.9. The van der Waals surface area contributed by atoms with Crippen LogP contribution in [0.3, 0.4) is 0 Å². The molecule has 1 aliphatic heterocycles. The maximum absolute atomic E-state index is 5.48. The number of rotatable bonds is 3. The van der Waals surface area contributed by atoms with Crippen LogP contribution in [-0.4, -0.2) is 28.2 Å². The van der Waals surface area contributed by atoms with Crippen LogP contribution >= 0.6 is 0 Å². The number of aryl methyl sites for hydroxylation is 1. The number of furan rings is 1. The summed E-state index contributed by atoms with van der Waals surface area (Å²) in [4.78, 5) is 11.2. The molecule has 1 atom stereocenters. The highest BCUT2D eigenvalue weighted by molar-refractivity contribution is 5.88. The molecule has 0 aromatic carbocycles. The minimum atomic E-state index is 0.523. The van der Waals surface area contributed by atoms with Crippen molar-refractivity contribution in [3.8, 4) is 0 Å². The monoisotopic (exact) mass is 298 g/mol. The first-order chi connectivity index (χ1) is 10.8. The van der Waals surface area contributed by atoms with Crippen LogP contribution in [0.4, 0.5) is 5.82 Å². The molecule has 22 heavy (non-hydrogen) atoms. The number of aromatic nitrogens is 3. The summed E-state index contributed by atoms with van der Waals surface area (Å²) in [6.07, 6.45) is 6.73. The second kappa shape index (κ2) is 5.44. The fourth-order valence-electron chi connectivity index (χ4n) is 3.24. The fraction of sp³-hybridized carbons (Fsp3) is 0.438. The molecule has 1 aliphatic rings. The molecule has 6 heteroatoms. The molecule has 6 nitrogen and oxygen atoms in total. The molecule has 114 valence electrons. The maximum atomic E-state index is 5.48. The van der Waals surface area contributed by atoms with Crippen LogP contribution in [0.25, 0.3) is 11.0 Å². The van der Waals surface area contributed by atoms with Gasteiger partial charge >= 0.3 is 0 Å². The third-order valence-corrected chi connectivity index (χ3v) is 4.22. The first-order valence-electron chi connectivity index (χ1n) is 7.66. The minimum absolute atomic E-state index is 0.523. The van der Waals surface area contributed by atoms with Crippen LogP contribution < -0.4 is 4.90 Å². The van der Waals surface area contributed by atoms with Gasteiger partial charge in [0.1, 0.15) is 11.4 Å². The number of piperidine rings is 1. The zero-order valence-electron chi connectivity index (χ0n) is 12.5. The predicted octanol–water partition coefficient (Wildman–Crippen LogP) is 2.98. The topological polar surface area (TPSA) is 68.2 Å². The third-order valence-electron chi connectivity index (χ3n) is 4.22. The second-order valence-electron chi connectivity index (χ2n) is 5.85. The van der Waals surface area contributed by atoms with Crippen LogP contribution in [-0.2, 0) is 6.42 Å². The van der Waals surface area contributed by atoms with E-state index in [1.807, 2.05) is 25.3 Å². The van der Waals surface area contributed by atoms with E-state index in [2.05, 4.69) is 20.0 Å². The summed E-state index contributed by atoms with van der Waals surface area (Å²) in [6.45, 7) is 3.82. The highest BCUT2D eigenvalue weighted by atomic mass is 16.5. The number of anilines is 1. The van der Waals surface area contributed by atoms with Gasteiger partial charge in [-0.2, -0.15) is 4.98 Å². The van der Waals surface area contributed by atoms with Crippen LogP contribution in [0.15, 0.2) is 33.5 Å². The van der Waals surface area contributed by atoms with E-state index < -0.39 is 0 Å². The summed E-state index contributed by atoms with van der Waals surface area (Å²) in [5, 5.41) is 5.10. The first-order valence-corrected chi connectivity index (χ1v) is 7.66. The van der Waals surface area contributed by atoms with Crippen molar-refractivity contribution in [1.29, 1.82) is 0 Å². The molecular formula is C16H18N4O2. The lowest BCUT2D eigenvalue weighted by molar-refractivity contribution is 0.369. The Morgan fingerprint density at radius 1 is 1.36 bits per heavy atom. The van der Waals surface area contributed by atoms with E-state index >= 15 is 0 Å². The van der Waals surface area contributed by atoms with Gasteiger partial charge in [-0.25, -0.2) is 4.98 Å². The Balaban J connectivity index is 1.54. The molecule has 4 rings (SSSR count). The van der Waals surface area contributed by atoms with Gasteiger partial charge in [-0.3, -0.25) is 0 Å². The van der Waals surface area contributed by atoms with Gasteiger partial charge < -0.3 is 13.8 Å². The Morgan fingerprint density at radius 2 is 2.32 bits per heavy atom. The van der Waals surface area contributed by atoms with Gasteiger partial charge in [0, 0.05) is 32.6 Å². The van der Waals surface area contributed by atoms with Crippen molar-refractivity contribution in [2.24, 2.45) is 5.92 Å². The SMILES string of the molecule is Cc1nc(C[C@@H]2CCCN(c3nccc4occc34)C2)no1. The molecule has 0 spiro atoms. The van der Waals surface area contributed by atoms with E-state index in [9.17, 15) is 0 Å². The summed E-state index contributed by atoms with van der Waals surface area (Å²) in [7, 11) is 0. The van der Waals surface area contributed by atoms with Crippen LogP contribution in [0.1, 0.15) is 24.6 Å². The Hall–Kier alpha value is -2.37. The van der Waals surface area contributed by atoms with Crippen molar-refractivity contribution in [2.45, 2.75) is 26.2 Å².